The molecule has 22 heavy (non-hydrogen) atoms. The lowest BCUT2D eigenvalue weighted by molar-refractivity contribution is 0.00578. The van der Waals surface area contributed by atoms with Crippen LogP contribution in [0.2, 0.25) is 0 Å². The van der Waals surface area contributed by atoms with Crippen molar-refractivity contribution in [1.82, 2.24) is 0 Å². The molecule has 2 aliphatic heterocycles. The Bertz CT molecular complexity index is 512. The summed E-state index contributed by atoms with van der Waals surface area (Å²) in [5.41, 5.74) is 0.255. The van der Waals surface area contributed by atoms with Gasteiger partial charge in [-0.1, -0.05) is 12.1 Å². The number of benzene rings is 1. The van der Waals surface area contributed by atoms with E-state index >= 15 is 0 Å². The maximum Gasteiger partial charge on any atom is 0.494 e. The maximum atomic E-state index is 9.70. The van der Waals surface area contributed by atoms with E-state index in [1.807, 2.05) is 52.0 Å². The molecular formula is C16H23BO5. The number of hydrogen-bond acceptors (Lipinski definition) is 5. The van der Waals surface area contributed by atoms with E-state index in [1.165, 1.54) is 0 Å². The molecule has 2 atom stereocenters. The van der Waals surface area contributed by atoms with E-state index in [9.17, 15) is 5.11 Å². The standard InChI is InChI=1S/C16H23BO5/c1-15(2)16(3,4)22-17(21-15)11-5-7-12(8-6-11)20-14-10-19-9-13(14)18/h5-8,13-14,18H,9-10H2,1-4H3/t13-,14+/m0/s1. The largest absolute Gasteiger partial charge is 0.494 e. The molecule has 3 rings (SSSR count). The van der Waals surface area contributed by atoms with Crippen LogP contribution in [0.1, 0.15) is 27.7 Å². The molecule has 0 saturated carbocycles. The fourth-order valence-corrected chi connectivity index (χ4v) is 2.49. The predicted octanol–water partition coefficient (Wildman–Crippen LogP) is 1.12. The van der Waals surface area contributed by atoms with E-state index in [1.54, 1.807) is 0 Å². The molecule has 5 nitrogen and oxygen atoms in total. The van der Waals surface area contributed by atoms with Gasteiger partial charge in [0, 0.05) is 0 Å². The molecular weight excluding hydrogens is 283 g/mol. The second-order valence-electron chi connectivity index (χ2n) is 6.92. The lowest BCUT2D eigenvalue weighted by atomic mass is 9.79. The highest BCUT2D eigenvalue weighted by Gasteiger charge is 2.51. The summed E-state index contributed by atoms with van der Waals surface area (Å²) in [7, 11) is -0.376. The molecule has 1 aromatic carbocycles. The summed E-state index contributed by atoms with van der Waals surface area (Å²) in [6, 6.07) is 7.59. The molecule has 0 unspecified atom stereocenters. The summed E-state index contributed by atoms with van der Waals surface area (Å²) in [6.07, 6.45) is -0.870. The highest BCUT2D eigenvalue weighted by atomic mass is 16.7. The van der Waals surface area contributed by atoms with Gasteiger partial charge in [0.15, 0.2) is 0 Å². The maximum absolute atomic E-state index is 9.70. The molecule has 120 valence electrons. The summed E-state index contributed by atoms with van der Waals surface area (Å²) in [5.74, 6) is 0.704. The Morgan fingerprint density at radius 3 is 2.14 bits per heavy atom. The molecule has 0 spiro atoms. The Morgan fingerprint density at radius 2 is 1.64 bits per heavy atom. The quantitative estimate of drug-likeness (QED) is 0.848. The van der Waals surface area contributed by atoms with E-state index in [-0.39, 0.29) is 24.4 Å². The van der Waals surface area contributed by atoms with Crippen molar-refractivity contribution in [3.05, 3.63) is 24.3 Å². The topological polar surface area (TPSA) is 57.2 Å². The summed E-state index contributed by atoms with van der Waals surface area (Å²) in [6.45, 7) is 8.88. The number of aliphatic hydroxyl groups is 1. The zero-order valence-corrected chi connectivity index (χ0v) is 13.5. The average molecular weight is 306 g/mol. The fourth-order valence-electron chi connectivity index (χ4n) is 2.49. The monoisotopic (exact) mass is 306 g/mol. The van der Waals surface area contributed by atoms with Gasteiger partial charge in [0.25, 0.3) is 0 Å². The predicted molar refractivity (Wildman–Crippen MR) is 83.4 cm³/mol. The molecule has 0 aromatic heterocycles. The van der Waals surface area contributed by atoms with Crippen LogP contribution in [0, 0.1) is 0 Å². The van der Waals surface area contributed by atoms with Crippen LogP contribution in [0.5, 0.6) is 5.75 Å². The first-order valence-electron chi connectivity index (χ1n) is 7.66. The first-order chi connectivity index (χ1) is 10.3. The van der Waals surface area contributed by atoms with Crippen molar-refractivity contribution in [2.75, 3.05) is 13.2 Å². The van der Waals surface area contributed by atoms with Crippen LogP contribution in [-0.2, 0) is 14.0 Å². The van der Waals surface area contributed by atoms with Gasteiger partial charge >= 0.3 is 7.12 Å². The zero-order valence-electron chi connectivity index (χ0n) is 13.5. The molecule has 1 N–H and O–H groups in total. The van der Waals surface area contributed by atoms with Gasteiger partial charge in [-0.15, -0.1) is 0 Å². The third-order valence-electron chi connectivity index (χ3n) is 4.69. The van der Waals surface area contributed by atoms with E-state index in [2.05, 4.69) is 0 Å². The second-order valence-corrected chi connectivity index (χ2v) is 6.92. The highest BCUT2D eigenvalue weighted by Crippen LogP contribution is 2.36. The molecule has 2 fully saturated rings. The van der Waals surface area contributed by atoms with Gasteiger partial charge in [-0.3, -0.25) is 0 Å². The summed E-state index contributed by atoms with van der Waals surface area (Å²) < 4.78 is 22.9. The van der Waals surface area contributed by atoms with Crippen LogP contribution in [0.4, 0.5) is 0 Å². The van der Waals surface area contributed by atoms with Crippen molar-refractivity contribution < 1.29 is 23.9 Å². The molecule has 2 saturated heterocycles. The SMILES string of the molecule is CC1(C)OB(c2ccc(O[C@@H]3COC[C@@H]3O)cc2)OC1(C)C. The molecule has 2 heterocycles. The third-order valence-corrected chi connectivity index (χ3v) is 4.69. The first kappa shape index (κ1) is 15.8. The van der Waals surface area contributed by atoms with Gasteiger partial charge in [0.05, 0.1) is 24.4 Å². The van der Waals surface area contributed by atoms with Gasteiger partial charge in [-0.2, -0.15) is 0 Å². The fraction of sp³-hybridized carbons (Fsp3) is 0.625. The Hall–Kier alpha value is -1.08. The second kappa shape index (κ2) is 5.53. The lowest BCUT2D eigenvalue weighted by Gasteiger charge is -2.32. The van der Waals surface area contributed by atoms with E-state index in [4.69, 9.17) is 18.8 Å². The Labute approximate surface area is 131 Å². The van der Waals surface area contributed by atoms with E-state index in [0.717, 1.165) is 5.46 Å². The van der Waals surface area contributed by atoms with Gasteiger partial charge in [0.1, 0.15) is 18.0 Å². The highest BCUT2D eigenvalue weighted by molar-refractivity contribution is 6.62. The van der Waals surface area contributed by atoms with Crippen molar-refractivity contribution in [3.8, 4) is 5.75 Å². The molecule has 6 heteroatoms. The van der Waals surface area contributed by atoms with Crippen molar-refractivity contribution >= 4 is 12.6 Å². The molecule has 1 aromatic rings. The minimum atomic E-state index is -0.567. The van der Waals surface area contributed by atoms with Gasteiger partial charge < -0.3 is 23.9 Å². The first-order valence-corrected chi connectivity index (χ1v) is 7.66. The number of ether oxygens (including phenoxy) is 2. The Balaban J connectivity index is 1.67. The summed E-state index contributed by atoms with van der Waals surface area (Å²) in [5, 5.41) is 9.70. The van der Waals surface area contributed by atoms with Crippen LogP contribution >= 0.6 is 0 Å². The summed E-state index contributed by atoms with van der Waals surface area (Å²) in [4.78, 5) is 0. The Kier molecular flexibility index (Phi) is 3.97. The van der Waals surface area contributed by atoms with Crippen molar-refractivity contribution in [2.45, 2.75) is 51.1 Å². The van der Waals surface area contributed by atoms with Gasteiger partial charge in [-0.25, -0.2) is 0 Å². The van der Waals surface area contributed by atoms with Gasteiger partial charge in [0.2, 0.25) is 0 Å². The number of hydrogen-bond donors (Lipinski definition) is 1. The average Bonchev–Trinajstić information content (AvgIpc) is 2.92. The van der Waals surface area contributed by atoms with Crippen LogP contribution < -0.4 is 10.2 Å². The minimum Gasteiger partial charge on any atom is -0.485 e. The van der Waals surface area contributed by atoms with E-state index in [0.29, 0.717) is 19.0 Å². The molecule has 0 amide bonds. The van der Waals surface area contributed by atoms with Crippen molar-refractivity contribution in [3.63, 3.8) is 0 Å². The van der Waals surface area contributed by atoms with E-state index < -0.39 is 6.10 Å². The molecule has 0 aliphatic carbocycles. The normalized spacial score (nSPS) is 29.8. The number of rotatable bonds is 3. The molecule has 0 bridgehead atoms. The van der Waals surface area contributed by atoms with Crippen molar-refractivity contribution in [2.24, 2.45) is 0 Å². The third kappa shape index (κ3) is 2.88. The molecule has 2 aliphatic rings. The minimum absolute atomic E-state index is 0.303. The number of aliphatic hydroxyl groups excluding tert-OH is 1. The Morgan fingerprint density at radius 1 is 1.05 bits per heavy atom. The summed E-state index contributed by atoms with van der Waals surface area (Å²) >= 11 is 0. The zero-order chi connectivity index (χ0) is 16.0. The molecule has 0 radical (unpaired) electrons. The smallest absolute Gasteiger partial charge is 0.485 e. The van der Waals surface area contributed by atoms with Crippen LogP contribution in [0.15, 0.2) is 24.3 Å². The van der Waals surface area contributed by atoms with Crippen LogP contribution in [-0.4, -0.2) is 48.8 Å². The van der Waals surface area contributed by atoms with Crippen molar-refractivity contribution in [1.29, 1.82) is 0 Å². The lowest BCUT2D eigenvalue weighted by Crippen LogP contribution is -2.41. The van der Waals surface area contributed by atoms with Crippen LogP contribution in [0.25, 0.3) is 0 Å². The van der Waals surface area contributed by atoms with Gasteiger partial charge in [-0.05, 0) is 45.3 Å². The van der Waals surface area contributed by atoms with Crippen LogP contribution in [0.3, 0.4) is 0 Å².